The summed E-state index contributed by atoms with van der Waals surface area (Å²) in [4.78, 5) is 2.52. The first-order valence-electron chi connectivity index (χ1n) is 8.21. The van der Waals surface area contributed by atoms with Crippen LogP contribution in [0.25, 0.3) is 0 Å². The quantitative estimate of drug-likeness (QED) is 0.845. The maximum atomic E-state index is 9.71. The molecule has 0 saturated carbocycles. The molecule has 0 saturated heterocycles. The van der Waals surface area contributed by atoms with E-state index >= 15 is 0 Å². The summed E-state index contributed by atoms with van der Waals surface area (Å²) in [5.74, 6) is 0. The SMILES string of the molecule is CCNC(C)(CO)CC(C)N1CCCc2cc(C)ccc21. The van der Waals surface area contributed by atoms with Crippen LogP contribution < -0.4 is 10.2 Å². The van der Waals surface area contributed by atoms with Gasteiger partial charge >= 0.3 is 0 Å². The Balaban J connectivity index is 2.16. The lowest BCUT2D eigenvalue weighted by Crippen LogP contribution is -2.51. The van der Waals surface area contributed by atoms with Crippen molar-refractivity contribution >= 4 is 5.69 Å². The monoisotopic (exact) mass is 290 g/mol. The number of aryl methyl sites for hydroxylation is 2. The third kappa shape index (κ3) is 3.78. The Morgan fingerprint density at radius 1 is 1.43 bits per heavy atom. The number of likely N-dealkylation sites (N-methyl/N-ethyl adjacent to an activating group) is 1. The Hall–Kier alpha value is -1.06. The molecule has 0 fully saturated rings. The zero-order valence-corrected chi connectivity index (χ0v) is 13.9. The van der Waals surface area contributed by atoms with E-state index in [4.69, 9.17) is 0 Å². The number of rotatable bonds is 6. The molecule has 1 heterocycles. The maximum Gasteiger partial charge on any atom is 0.0611 e. The molecule has 0 amide bonds. The number of hydrogen-bond acceptors (Lipinski definition) is 3. The van der Waals surface area contributed by atoms with Gasteiger partial charge < -0.3 is 15.3 Å². The van der Waals surface area contributed by atoms with Crippen LogP contribution in [0.15, 0.2) is 18.2 Å². The first-order chi connectivity index (χ1) is 9.99. The summed E-state index contributed by atoms with van der Waals surface area (Å²) in [6.07, 6.45) is 3.35. The number of nitrogens with zero attached hydrogens (tertiary/aromatic N) is 1. The molecule has 1 aromatic carbocycles. The van der Waals surface area contributed by atoms with Gasteiger partial charge in [0, 0.05) is 23.8 Å². The zero-order chi connectivity index (χ0) is 15.5. The lowest BCUT2D eigenvalue weighted by molar-refractivity contribution is 0.160. The van der Waals surface area contributed by atoms with Gasteiger partial charge in [0.1, 0.15) is 0 Å². The standard InChI is InChI=1S/C18H30N2O/c1-5-19-18(4,13-21)12-15(3)20-10-6-7-16-11-14(2)8-9-17(16)20/h8-9,11,15,19,21H,5-7,10,12-13H2,1-4H3. The average molecular weight is 290 g/mol. The van der Waals surface area contributed by atoms with Crippen LogP contribution in [0.2, 0.25) is 0 Å². The second kappa shape index (κ2) is 6.80. The van der Waals surface area contributed by atoms with Gasteiger partial charge in [0.15, 0.2) is 0 Å². The van der Waals surface area contributed by atoms with Crippen LogP contribution in [0.3, 0.4) is 0 Å². The van der Waals surface area contributed by atoms with Crippen LogP contribution >= 0.6 is 0 Å². The second-order valence-electron chi connectivity index (χ2n) is 6.73. The molecule has 1 aliphatic heterocycles. The minimum Gasteiger partial charge on any atom is -0.394 e. The van der Waals surface area contributed by atoms with Crippen molar-refractivity contribution in [2.75, 3.05) is 24.6 Å². The van der Waals surface area contributed by atoms with Crippen molar-refractivity contribution in [3.8, 4) is 0 Å². The Kier molecular flexibility index (Phi) is 5.28. The van der Waals surface area contributed by atoms with Crippen LogP contribution in [-0.4, -0.2) is 36.4 Å². The summed E-state index contributed by atoms with van der Waals surface area (Å²) < 4.78 is 0. The van der Waals surface area contributed by atoms with Gasteiger partial charge in [-0.25, -0.2) is 0 Å². The molecule has 118 valence electrons. The average Bonchev–Trinajstić information content (AvgIpc) is 2.46. The van der Waals surface area contributed by atoms with Crippen molar-refractivity contribution in [1.82, 2.24) is 5.32 Å². The van der Waals surface area contributed by atoms with E-state index < -0.39 is 0 Å². The topological polar surface area (TPSA) is 35.5 Å². The summed E-state index contributed by atoms with van der Waals surface area (Å²) in [6.45, 7) is 10.8. The second-order valence-corrected chi connectivity index (χ2v) is 6.73. The molecule has 2 rings (SSSR count). The number of hydrogen-bond donors (Lipinski definition) is 2. The Bertz CT molecular complexity index is 474. The van der Waals surface area contributed by atoms with E-state index in [1.165, 1.54) is 29.7 Å². The summed E-state index contributed by atoms with van der Waals surface area (Å²) in [5, 5.41) is 13.1. The van der Waals surface area contributed by atoms with Gasteiger partial charge in [-0.2, -0.15) is 0 Å². The van der Waals surface area contributed by atoms with Crippen molar-refractivity contribution in [2.45, 2.75) is 58.5 Å². The van der Waals surface area contributed by atoms with Gasteiger partial charge in [-0.15, -0.1) is 0 Å². The van der Waals surface area contributed by atoms with E-state index in [0.29, 0.717) is 6.04 Å². The fraction of sp³-hybridized carbons (Fsp3) is 0.667. The largest absolute Gasteiger partial charge is 0.394 e. The van der Waals surface area contributed by atoms with E-state index in [1.54, 1.807) is 0 Å². The molecule has 21 heavy (non-hydrogen) atoms. The summed E-state index contributed by atoms with van der Waals surface area (Å²) in [6, 6.07) is 7.22. The predicted octanol–water partition coefficient (Wildman–Crippen LogP) is 2.89. The third-order valence-corrected chi connectivity index (χ3v) is 4.62. The van der Waals surface area contributed by atoms with E-state index in [-0.39, 0.29) is 12.1 Å². The van der Waals surface area contributed by atoms with Crippen LogP contribution in [0, 0.1) is 6.92 Å². The molecular weight excluding hydrogens is 260 g/mol. The lowest BCUT2D eigenvalue weighted by Gasteiger charge is -2.40. The van der Waals surface area contributed by atoms with Crippen molar-refractivity contribution in [3.63, 3.8) is 0 Å². The number of aliphatic hydroxyl groups is 1. The van der Waals surface area contributed by atoms with Gasteiger partial charge in [0.25, 0.3) is 0 Å². The Morgan fingerprint density at radius 2 is 2.19 bits per heavy atom. The fourth-order valence-corrected chi connectivity index (χ4v) is 3.59. The molecule has 2 N–H and O–H groups in total. The van der Waals surface area contributed by atoms with Crippen molar-refractivity contribution in [2.24, 2.45) is 0 Å². The molecule has 0 radical (unpaired) electrons. The normalized spacial score (nSPS) is 19.0. The number of benzene rings is 1. The highest BCUT2D eigenvalue weighted by Gasteiger charge is 2.29. The molecule has 1 aromatic rings. The van der Waals surface area contributed by atoms with Gasteiger partial charge in [0.2, 0.25) is 0 Å². The van der Waals surface area contributed by atoms with Gasteiger partial charge in [-0.05, 0) is 58.2 Å². The molecule has 2 atom stereocenters. The highest BCUT2D eigenvalue weighted by atomic mass is 16.3. The zero-order valence-electron chi connectivity index (χ0n) is 13.9. The number of anilines is 1. The molecule has 0 aliphatic carbocycles. The third-order valence-electron chi connectivity index (χ3n) is 4.62. The smallest absolute Gasteiger partial charge is 0.0611 e. The fourth-order valence-electron chi connectivity index (χ4n) is 3.59. The molecule has 3 nitrogen and oxygen atoms in total. The first-order valence-corrected chi connectivity index (χ1v) is 8.21. The van der Waals surface area contributed by atoms with Gasteiger partial charge in [-0.1, -0.05) is 24.6 Å². The summed E-state index contributed by atoms with van der Waals surface area (Å²) in [5.41, 5.74) is 4.01. The highest BCUT2D eigenvalue weighted by Crippen LogP contribution is 2.31. The van der Waals surface area contributed by atoms with Crippen LogP contribution in [0.5, 0.6) is 0 Å². The molecule has 0 bridgehead atoms. The van der Waals surface area contributed by atoms with E-state index in [0.717, 1.165) is 19.5 Å². The maximum absolute atomic E-state index is 9.71. The molecule has 3 heteroatoms. The van der Waals surface area contributed by atoms with Gasteiger partial charge in [-0.3, -0.25) is 0 Å². The molecule has 2 unspecified atom stereocenters. The molecule has 1 aliphatic rings. The summed E-state index contributed by atoms with van der Waals surface area (Å²) >= 11 is 0. The highest BCUT2D eigenvalue weighted by molar-refractivity contribution is 5.57. The van der Waals surface area contributed by atoms with Crippen molar-refractivity contribution < 1.29 is 5.11 Å². The molecule has 0 spiro atoms. The van der Waals surface area contributed by atoms with Crippen molar-refractivity contribution in [3.05, 3.63) is 29.3 Å². The Morgan fingerprint density at radius 3 is 2.86 bits per heavy atom. The van der Waals surface area contributed by atoms with Crippen LogP contribution in [-0.2, 0) is 6.42 Å². The number of nitrogens with one attached hydrogen (secondary N) is 1. The minimum atomic E-state index is -0.198. The van der Waals surface area contributed by atoms with Crippen LogP contribution in [0.4, 0.5) is 5.69 Å². The number of fused-ring (bicyclic) bond motifs is 1. The summed E-state index contributed by atoms with van der Waals surface area (Å²) in [7, 11) is 0. The van der Waals surface area contributed by atoms with Crippen molar-refractivity contribution in [1.29, 1.82) is 0 Å². The lowest BCUT2D eigenvalue weighted by atomic mass is 9.91. The van der Waals surface area contributed by atoms with E-state index in [9.17, 15) is 5.11 Å². The van der Waals surface area contributed by atoms with E-state index in [1.807, 2.05) is 0 Å². The van der Waals surface area contributed by atoms with Gasteiger partial charge in [0.05, 0.1) is 6.61 Å². The predicted molar refractivity (Wildman–Crippen MR) is 90.1 cm³/mol. The van der Waals surface area contributed by atoms with Crippen LogP contribution in [0.1, 0.15) is 44.7 Å². The molecular formula is C18H30N2O. The number of aliphatic hydroxyl groups excluding tert-OH is 1. The minimum absolute atomic E-state index is 0.180. The Labute approximate surface area is 129 Å². The molecule has 0 aromatic heterocycles. The first kappa shape index (κ1) is 16.3. The van der Waals surface area contributed by atoms with E-state index in [2.05, 4.69) is 56.1 Å².